The van der Waals surface area contributed by atoms with Gasteiger partial charge in [-0.25, -0.2) is 4.79 Å². The molecule has 0 aliphatic rings. The molecule has 0 fully saturated rings. The predicted molar refractivity (Wildman–Crippen MR) is 318 cm³/mol. The topological polar surface area (TPSA) is 108 Å². The molecule has 0 heterocycles. The average Bonchev–Trinajstić information content (AvgIpc) is 3.38. The Hall–Kier alpha value is -2.49. The molecule has 75 heavy (non-hydrogen) atoms. The summed E-state index contributed by atoms with van der Waals surface area (Å²) in [6.45, 7) is 4.92. The zero-order chi connectivity index (χ0) is 54.8. The molecule has 0 aromatic carbocycles. The van der Waals surface area contributed by atoms with E-state index in [4.69, 9.17) is 18.9 Å². The third-order valence-electron chi connectivity index (χ3n) is 14.4. The zero-order valence-corrected chi connectivity index (χ0v) is 50.2. The van der Waals surface area contributed by atoms with Crippen molar-refractivity contribution in [3.05, 3.63) is 36.5 Å². The Kier molecular flexibility index (Phi) is 55.8. The van der Waals surface area contributed by atoms with Crippen LogP contribution in [0.4, 0.5) is 0 Å². The second-order valence-electron chi connectivity index (χ2n) is 23.1. The van der Waals surface area contributed by atoms with E-state index in [9.17, 15) is 19.5 Å². The van der Waals surface area contributed by atoms with E-state index < -0.39 is 18.4 Å². The highest BCUT2D eigenvalue weighted by Gasteiger charge is 2.25. The number of ether oxygens (including phenoxy) is 4. The van der Waals surface area contributed by atoms with E-state index in [-0.39, 0.29) is 38.2 Å². The van der Waals surface area contributed by atoms with Crippen LogP contribution in [-0.4, -0.2) is 87.4 Å². The number of carbonyl (C=O) groups excluding carboxylic acids is 2. The van der Waals surface area contributed by atoms with Crippen LogP contribution in [0, 0.1) is 0 Å². The predicted octanol–water partition coefficient (Wildman–Crippen LogP) is 19.2. The summed E-state index contributed by atoms with van der Waals surface area (Å²) < 4.78 is 22.9. The van der Waals surface area contributed by atoms with Crippen LogP contribution in [0.15, 0.2) is 36.5 Å². The summed E-state index contributed by atoms with van der Waals surface area (Å²) in [6.07, 6.45) is 68.1. The van der Waals surface area contributed by atoms with E-state index in [1.807, 2.05) is 21.1 Å². The molecule has 9 nitrogen and oxygen atoms in total. The Morgan fingerprint density at radius 2 is 0.720 bits per heavy atom. The maximum atomic E-state index is 12.9. The number of aliphatic carboxylic acids is 1. The second-order valence-corrected chi connectivity index (χ2v) is 23.1. The van der Waals surface area contributed by atoms with Crippen LogP contribution in [0.1, 0.15) is 309 Å². The van der Waals surface area contributed by atoms with Gasteiger partial charge in [-0.1, -0.05) is 281 Å². The lowest BCUT2D eigenvalue weighted by Gasteiger charge is -2.25. The molecule has 0 spiro atoms. The van der Waals surface area contributed by atoms with Gasteiger partial charge in [-0.15, -0.1) is 0 Å². The third kappa shape index (κ3) is 59.0. The maximum absolute atomic E-state index is 12.9. The summed E-state index contributed by atoms with van der Waals surface area (Å²) in [4.78, 5) is 37.5. The lowest BCUT2D eigenvalue weighted by molar-refractivity contribution is -0.870. The first-order chi connectivity index (χ1) is 36.6. The van der Waals surface area contributed by atoms with Crippen LogP contribution in [0.25, 0.3) is 0 Å². The molecule has 440 valence electrons. The zero-order valence-electron chi connectivity index (χ0n) is 50.2. The first-order valence-corrected chi connectivity index (χ1v) is 32.2. The molecular formula is C66H124NO8+. The van der Waals surface area contributed by atoms with Crippen LogP contribution in [-0.2, 0) is 33.3 Å². The molecule has 0 aliphatic carbocycles. The van der Waals surface area contributed by atoms with Crippen molar-refractivity contribution in [2.45, 2.75) is 322 Å². The van der Waals surface area contributed by atoms with Crippen molar-refractivity contribution in [1.29, 1.82) is 0 Å². The largest absolute Gasteiger partial charge is 0.477 e. The number of quaternary nitrogens is 1. The third-order valence-corrected chi connectivity index (χ3v) is 14.4. The van der Waals surface area contributed by atoms with Gasteiger partial charge in [0.1, 0.15) is 13.2 Å². The standard InChI is InChI=1S/C66H123NO8/c1-6-8-10-12-14-16-18-20-22-24-26-27-28-29-30-31-32-33-34-35-36-37-39-41-43-45-47-49-51-53-55-57-64(69)75-62(61-74-66(65(70)71)72-59-58-67(3,4)5)60-73-63(68)56-54-52-50-48-46-44-42-40-38-25-23-21-19-17-15-13-11-9-7-2/h18,20,24,26,28-29,62,66H,6-17,19,21-23,25,27,30-61H2,1-5H3/p+1/b20-18-,26-24-,29-28-. The molecule has 0 aromatic rings. The highest BCUT2D eigenvalue weighted by molar-refractivity contribution is 5.71. The van der Waals surface area contributed by atoms with Gasteiger partial charge in [0.05, 0.1) is 34.4 Å². The van der Waals surface area contributed by atoms with Crippen LogP contribution in [0.2, 0.25) is 0 Å². The minimum atomic E-state index is -1.51. The second kappa shape index (κ2) is 57.7. The van der Waals surface area contributed by atoms with Crippen molar-refractivity contribution in [3.8, 4) is 0 Å². The molecule has 0 radical (unpaired) electrons. The van der Waals surface area contributed by atoms with Crippen LogP contribution in [0.3, 0.4) is 0 Å². The van der Waals surface area contributed by atoms with E-state index in [0.29, 0.717) is 17.4 Å². The fourth-order valence-corrected chi connectivity index (χ4v) is 9.44. The monoisotopic (exact) mass is 1060 g/mol. The van der Waals surface area contributed by atoms with Gasteiger partial charge in [0.2, 0.25) is 0 Å². The average molecular weight is 1060 g/mol. The summed E-state index contributed by atoms with van der Waals surface area (Å²) in [5, 5.41) is 9.72. The van der Waals surface area contributed by atoms with Gasteiger partial charge in [-0.05, 0) is 51.4 Å². The Labute approximate surface area is 464 Å². The number of rotatable bonds is 60. The number of hydrogen-bond donors (Lipinski definition) is 1. The van der Waals surface area contributed by atoms with Gasteiger partial charge in [0.25, 0.3) is 6.29 Å². The summed E-state index contributed by atoms with van der Waals surface area (Å²) in [7, 11) is 5.98. The van der Waals surface area contributed by atoms with Gasteiger partial charge >= 0.3 is 17.9 Å². The smallest absolute Gasteiger partial charge is 0.361 e. The van der Waals surface area contributed by atoms with Crippen molar-refractivity contribution in [2.24, 2.45) is 0 Å². The summed E-state index contributed by atoms with van der Waals surface area (Å²) in [6, 6.07) is 0. The molecule has 2 unspecified atom stereocenters. The number of likely N-dealkylation sites (N-methyl/N-ethyl adjacent to an activating group) is 1. The highest BCUT2D eigenvalue weighted by Crippen LogP contribution is 2.18. The number of carbonyl (C=O) groups is 3. The summed E-state index contributed by atoms with van der Waals surface area (Å²) in [5.41, 5.74) is 0. The molecule has 0 saturated heterocycles. The van der Waals surface area contributed by atoms with Gasteiger partial charge in [-0.2, -0.15) is 0 Å². The van der Waals surface area contributed by atoms with Crippen molar-refractivity contribution < 1.29 is 42.9 Å². The molecule has 0 amide bonds. The number of esters is 2. The normalized spacial score (nSPS) is 12.9. The molecule has 0 bridgehead atoms. The molecule has 0 saturated carbocycles. The number of unbranched alkanes of at least 4 members (excludes halogenated alkanes) is 39. The van der Waals surface area contributed by atoms with Crippen molar-refractivity contribution >= 4 is 17.9 Å². The van der Waals surface area contributed by atoms with E-state index in [0.717, 1.165) is 51.4 Å². The molecule has 0 rings (SSSR count). The number of carboxylic acid groups (broad SMARTS) is 1. The van der Waals surface area contributed by atoms with E-state index in [1.54, 1.807) is 0 Å². The minimum absolute atomic E-state index is 0.176. The van der Waals surface area contributed by atoms with E-state index in [1.165, 1.54) is 231 Å². The fraction of sp³-hybridized carbons (Fsp3) is 0.864. The van der Waals surface area contributed by atoms with Crippen molar-refractivity contribution in [1.82, 2.24) is 0 Å². The Morgan fingerprint density at radius 1 is 0.400 bits per heavy atom. The quantitative estimate of drug-likeness (QED) is 0.0211. The molecule has 9 heteroatoms. The molecular weight excluding hydrogens is 935 g/mol. The Balaban J connectivity index is 4.11. The number of nitrogens with zero attached hydrogens (tertiary/aromatic N) is 1. The minimum Gasteiger partial charge on any atom is -0.477 e. The SMILES string of the molecule is CCCCCCC/C=C\C/C=C\C/C=C\CCCCCCCCCCCCCCCCCCC(=O)OC(COC(=O)CCCCCCCCCCCCCCCCCCCCC)COC(OCC[N+](C)(C)C)C(=O)O. The Morgan fingerprint density at radius 3 is 1.07 bits per heavy atom. The Bertz CT molecular complexity index is 1320. The van der Waals surface area contributed by atoms with Crippen LogP contribution < -0.4 is 0 Å². The number of allylic oxidation sites excluding steroid dienone is 6. The van der Waals surface area contributed by atoms with Gasteiger partial charge < -0.3 is 28.5 Å². The van der Waals surface area contributed by atoms with Gasteiger partial charge in [-0.3, -0.25) is 9.59 Å². The van der Waals surface area contributed by atoms with Crippen LogP contribution in [0.5, 0.6) is 0 Å². The maximum Gasteiger partial charge on any atom is 0.361 e. The van der Waals surface area contributed by atoms with Crippen molar-refractivity contribution in [3.63, 3.8) is 0 Å². The summed E-state index contributed by atoms with van der Waals surface area (Å²) in [5.74, 6) is -1.98. The van der Waals surface area contributed by atoms with Crippen molar-refractivity contribution in [2.75, 3.05) is 47.5 Å². The summed E-state index contributed by atoms with van der Waals surface area (Å²) >= 11 is 0. The molecule has 2 atom stereocenters. The fourth-order valence-electron chi connectivity index (χ4n) is 9.44. The van der Waals surface area contributed by atoms with E-state index >= 15 is 0 Å². The highest BCUT2D eigenvalue weighted by atomic mass is 16.7. The van der Waals surface area contributed by atoms with Gasteiger partial charge in [0.15, 0.2) is 6.10 Å². The number of carboxylic acids is 1. The first-order valence-electron chi connectivity index (χ1n) is 32.2. The lowest BCUT2D eigenvalue weighted by atomic mass is 10.0. The van der Waals surface area contributed by atoms with E-state index in [2.05, 4.69) is 50.3 Å². The van der Waals surface area contributed by atoms with Crippen LogP contribution >= 0.6 is 0 Å². The van der Waals surface area contributed by atoms with Gasteiger partial charge in [0, 0.05) is 12.8 Å². The molecule has 1 N–H and O–H groups in total. The lowest BCUT2D eigenvalue weighted by Crippen LogP contribution is -2.40. The number of hydrogen-bond acceptors (Lipinski definition) is 7. The molecule has 0 aliphatic heterocycles. The first kappa shape index (κ1) is 72.5. The molecule has 0 aromatic heterocycles.